The van der Waals surface area contributed by atoms with E-state index in [4.69, 9.17) is 11.6 Å². The summed E-state index contributed by atoms with van der Waals surface area (Å²) in [6.45, 7) is 2.26. The average Bonchev–Trinajstić information content (AvgIpc) is 3.04. The van der Waals surface area contributed by atoms with Crippen molar-refractivity contribution in [2.75, 3.05) is 13.1 Å². The summed E-state index contributed by atoms with van der Waals surface area (Å²) < 4.78 is 0. The van der Waals surface area contributed by atoms with E-state index in [2.05, 4.69) is 17.4 Å². The zero-order valence-electron chi connectivity index (χ0n) is 9.01. The zero-order chi connectivity index (χ0) is 10.5. The fourth-order valence-electron chi connectivity index (χ4n) is 1.72. The van der Waals surface area contributed by atoms with Crippen LogP contribution in [0.4, 0.5) is 0 Å². The molecule has 0 bridgehead atoms. The Labute approximate surface area is 96.8 Å². The molecule has 0 unspecified atom stereocenters. The smallest absolute Gasteiger partial charge is 0.0406 e. The Morgan fingerprint density at radius 2 is 1.87 bits per heavy atom. The lowest BCUT2D eigenvalue weighted by Crippen LogP contribution is -2.18. The van der Waals surface area contributed by atoms with Crippen molar-refractivity contribution in [1.29, 1.82) is 0 Å². The second-order valence-electron chi connectivity index (χ2n) is 4.36. The maximum absolute atomic E-state index is 5.82. The van der Waals surface area contributed by atoms with Gasteiger partial charge in [-0.3, -0.25) is 0 Å². The van der Waals surface area contributed by atoms with Gasteiger partial charge in [-0.15, -0.1) is 0 Å². The van der Waals surface area contributed by atoms with E-state index >= 15 is 0 Å². The molecule has 0 aromatic heterocycles. The van der Waals surface area contributed by atoms with Gasteiger partial charge in [0.2, 0.25) is 0 Å². The molecule has 0 saturated heterocycles. The van der Waals surface area contributed by atoms with Crippen LogP contribution in [0.2, 0.25) is 5.02 Å². The molecule has 1 aliphatic carbocycles. The van der Waals surface area contributed by atoms with Gasteiger partial charge in [-0.05, 0) is 49.5 Å². The second-order valence-corrected chi connectivity index (χ2v) is 4.79. The lowest BCUT2D eigenvalue weighted by Gasteiger charge is -2.04. The van der Waals surface area contributed by atoms with Gasteiger partial charge in [0.15, 0.2) is 0 Å². The first-order chi connectivity index (χ1) is 7.34. The molecule has 0 radical (unpaired) electrons. The maximum Gasteiger partial charge on any atom is 0.0406 e. The third-order valence-corrected chi connectivity index (χ3v) is 3.18. The van der Waals surface area contributed by atoms with Crippen molar-refractivity contribution in [3.8, 4) is 0 Å². The van der Waals surface area contributed by atoms with Crippen LogP contribution in [0.5, 0.6) is 0 Å². The summed E-state index contributed by atoms with van der Waals surface area (Å²) in [7, 11) is 0. The Morgan fingerprint density at radius 3 is 2.53 bits per heavy atom. The molecule has 1 nitrogen and oxygen atoms in total. The molecule has 1 aliphatic rings. The zero-order valence-corrected chi connectivity index (χ0v) is 9.76. The highest BCUT2D eigenvalue weighted by Gasteiger charge is 2.19. The van der Waals surface area contributed by atoms with Crippen molar-refractivity contribution in [3.63, 3.8) is 0 Å². The van der Waals surface area contributed by atoms with Crippen LogP contribution >= 0.6 is 11.6 Å². The van der Waals surface area contributed by atoms with Gasteiger partial charge in [0.1, 0.15) is 0 Å². The summed E-state index contributed by atoms with van der Waals surface area (Å²) in [4.78, 5) is 0. The molecular weight excluding hydrogens is 206 g/mol. The molecule has 15 heavy (non-hydrogen) atoms. The first-order valence-corrected chi connectivity index (χ1v) is 6.17. The summed E-state index contributed by atoms with van der Waals surface area (Å²) >= 11 is 5.82. The van der Waals surface area contributed by atoms with Crippen LogP contribution in [-0.4, -0.2) is 13.1 Å². The van der Waals surface area contributed by atoms with E-state index in [1.54, 1.807) is 0 Å². The lowest BCUT2D eigenvalue weighted by atomic mass is 10.1. The van der Waals surface area contributed by atoms with Crippen LogP contribution < -0.4 is 5.32 Å². The maximum atomic E-state index is 5.82. The molecule has 0 atom stereocenters. The van der Waals surface area contributed by atoms with E-state index in [0.717, 1.165) is 23.9 Å². The van der Waals surface area contributed by atoms with Crippen molar-refractivity contribution in [2.24, 2.45) is 5.92 Å². The Kier molecular flexibility index (Phi) is 4.04. The SMILES string of the molecule is Clc1ccc(CCNCCC2CC2)cc1. The number of rotatable bonds is 6. The van der Waals surface area contributed by atoms with E-state index in [-0.39, 0.29) is 0 Å². The fourth-order valence-corrected chi connectivity index (χ4v) is 1.85. The minimum Gasteiger partial charge on any atom is -0.316 e. The van der Waals surface area contributed by atoms with Gasteiger partial charge >= 0.3 is 0 Å². The molecule has 2 heteroatoms. The van der Waals surface area contributed by atoms with E-state index in [0.29, 0.717) is 0 Å². The molecule has 0 spiro atoms. The van der Waals surface area contributed by atoms with Crippen molar-refractivity contribution >= 4 is 11.6 Å². The molecule has 1 aromatic rings. The third-order valence-electron chi connectivity index (χ3n) is 2.93. The quantitative estimate of drug-likeness (QED) is 0.730. The van der Waals surface area contributed by atoms with E-state index in [1.807, 2.05) is 12.1 Å². The number of hydrogen-bond acceptors (Lipinski definition) is 1. The Balaban J connectivity index is 1.58. The molecule has 1 saturated carbocycles. The van der Waals surface area contributed by atoms with Gasteiger partial charge < -0.3 is 5.32 Å². The highest BCUT2D eigenvalue weighted by atomic mass is 35.5. The predicted molar refractivity (Wildman–Crippen MR) is 65.4 cm³/mol. The first-order valence-electron chi connectivity index (χ1n) is 5.80. The molecule has 0 aliphatic heterocycles. The van der Waals surface area contributed by atoms with Crippen LogP contribution in [0.15, 0.2) is 24.3 Å². The predicted octanol–water partition coefficient (Wildman–Crippen LogP) is 3.27. The first kappa shape index (κ1) is 11.0. The molecule has 1 aromatic carbocycles. The summed E-state index contributed by atoms with van der Waals surface area (Å²) in [5.74, 6) is 1.04. The minimum atomic E-state index is 0.820. The van der Waals surface area contributed by atoms with Crippen molar-refractivity contribution in [1.82, 2.24) is 5.32 Å². The number of nitrogens with one attached hydrogen (secondary N) is 1. The van der Waals surface area contributed by atoms with E-state index < -0.39 is 0 Å². The number of hydrogen-bond donors (Lipinski definition) is 1. The topological polar surface area (TPSA) is 12.0 Å². The normalized spacial score (nSPS) is 15.5. The lowest BCUT2D eigenvalue weighted by molar-refractivity contribution is 0.613. The van der Waals surface area contributed by atoms with Crippen LogP contribution in [0.25, 0.3) is 0 Å². The van der Waals surface area contributed by atoms with Crippen LogP contribution in [0.1, 0.15) is 24.8 Å². The van der Waals surface area contributed by atoms with Crippen molar-refractivity contribution in [3.05, 3.63) is 34.9 Å². The van der Waals surface area contributed by atoms with Crippen LogP contribution in [0, 0.1) is 5.92 Å². The highest BCUT2D eigenvalue weighted by molar-refractivity contribution is 6.30. The molecular formula is C13H18ClN. The molecule has 0 heterocycles. The number of benzene rings is 1. The van der Waals surface area contributed by atoms with Gasteiger partial charge in [-0.2, -0.15) is 0 Å². The van der Waals surface area contributed by atoms with Gasteiger partial charge in [0.05, 0.1) is 0 Å². The second kappa shape index (κ2) is 5.53. The summed E-state index contributed by atoms with van der Waals surface area (Å²) in [6.07, 6.45) is 5.38. The average molecular weight is 224 g/mol. The fraction of sp³-hybridized carbons (Fsp3) is 0.538. The van der Waals surface area contributed by atoms with Crippen LogP contribution in [-0.2, 0) is 6.42 Å². The monoisotopic (exact) mass is 223 g/mol. The minimum absolute atomic E-state index is 0.820. The largest absolute Gasteiger partial charge is 0.316 e. The standard InChI is InChI=1S/C13H18ClN/c14-13-5-3-12(4-6-13)8-10-15-9-7-11-1-2-11/h3-6,11,15H,1-2,7-10H2. The molecule has 1 N–H and O–H groups in total. The van der Waals surface area contributed by atoms with Crippen LogP contribution in [0.3, 0.4) is 0 Å². The molecule has 2 rings (SSSR count). The van der Waals surface area contributed by atoms with Gasteiger partial charge in [0.25, 0.3) is 0 Å². The van der Waals surface area contributed by atoms with E-state index in [1.165, 1.54) is 31.4 Å². The van der Waals surface area contributed by atoms with Crippen molar-refractivity contribution < 1.29 is 0 Å². The van der Waals surface area contributed by atoms with E-state index in [9.17, 15) is 0 Å². The Bertz CT molecular complexity index is 290. The van der Waals surface area contributed by atoms with Gasteiger partial charge in [-0.25, -0.2) is 0 Å². The van der Waals surface area contributed by atoms with Gasteiger partial charge in [-0.1, -0.05) is 36.6 Å². The number of halogens is 1. The Morgan fingerprint density at radius 1 is 1.13 bits per heavy atom. The summed E-state index contributed by atoms with van der Waals surface area (Å²) in [6, 6.07) is 8.12. The van der Waals surface area contributed by atoms with Crippen molar-refractivity contribution in [2.45, 2.75) is 25.7 Å². The summed E-state index contributed by atoms with van der Waals surface area (Å²) in [5, 5.41) is 4.31. The summed E-state index contributed by atoms with van der Waals surface area (Å²) in [5.41, 5.74) is 1.36. The third kappa shape index (κ3) is 4.23. The molecule has 0 amide bonds. The molecule has 82 valence electrons. The molecule has 1 fully saturated rings. The van der Waals surface area contributed by atoms with Gasteiger partial charge in [0, 0.05) is 5.02 Å². The highest BCUT2D eigenvalue weighted by Crippen LogP contribution is 2.31. The Hall–Kier alpha value is -0.530.